The van der Waals surface area contributed by atoms with E-state index in [1.165, 1.54) is 31.5 Å². The summed E-state index contributed by atoms with van der Waals surface area (Å²) in [6, 6.07) is 16.7. The molecule has 3 heterocycles. The predicted molar refractivity (Wildman–Crippen MR) is 116 cm³/mol. The second-order valence-electron chi connectivity index (χ2n) is 7.66. The molecule has 142 valence electrons. The van der Waals surface area contributed by atoms with E-state index in [0.29, 0.717) is 0 Å². The maximum absolute atomic E-state index is 4.94. The van der Waals surface area contributed by atoms with E-state index in [1.54, 1.807) is 0 Å². The minimum Gasteiger partial charge on any atom is -0.368 e. The van der Waals surface area contributed by atoms with Gasteiger partial charge in [-0.3, -0.25) is 0 Å². The van der Waals surface area contributed by atoms with E-state index in [0.717, 1.165) is 52.2 Å². The molecule has 0 bridgehead atoms. The first kappa shape index (κ1) is 17.2. The standard InChI is InChI=1S/C23H25N5/c1-16-8-9-19-17(14-16)15-18(23-26-20-6-2-3-7-21(20)27-23)22(25-19)24-10-13-28-11-4-5-12-28/h2-3,6-9,14-15H,4-5,10-13H2,1H3,(H,24,25)(H,26,27). The third-order valence-electron chi connectivity index (χ3n) is 5.53. The molecule has 1 fully saturated rings. The zero-order valence-corrected chi connectivity index (χ0v) is 16.2. The molecule has 4 aromatic rings. The van der Waals surface area contributed by atoms with Crippen molar-refractivity contribution < 1.29 is 0 Å². The maximum Gasteiger partial charge on any atom is 0.142 e. The number of hydrogen-bond donors (Lipinski definition) is 2. The smallest absolute Gasteiger partial charge is 0.142 e. The molecule has 0 spiro atoms. The minimum absolute atomic E-state index is 0.862. The average molecular weight is 371 g/mol. The molecular formula is C23H25N5. The molecule has 2 N–H and O–H groups in total. The molecule has 5 nitrogen and oxygen atoms in total. The van der Waals surface area contributed by atoms with Crippen LogP contribution in [0.15, 0.2) is 48.5 Å². The molecular weight excluding hydrogens is 346 g/mol. The third kappa shape index (κ3) is 3.34. The summed E-state index contributed by atoms with van der Waals surface area (Å²) in [5, 5.41) is 4.72. The molecule has 0 saturated carbocycles. The van der Waals surface area contributed by atoms with Gasteiger partial charge in [0.15, 0.2) is 0 Å². The van der Waals surface area contributed by atoms with Crippen LogP contribution in [0.5, 0.6) is 0 Å². The van der Waals surface area contributed by atoms with Crippen LogP contribution in [-0.4, -0.2) is 46.0 Å². The fraction of sp³-hybridized carbons (Fsp3) is 0.304. The highest BCUT2D eigenvalue weighted by Crippen LogP contribution is 2.30. The number of aryl methyl sites for hydroxylation is 1. The van der Waals surface area contributed by atoms with Gasteiger partial charge < -0.3 is 15.2 Å². The lowest BCUT2D eigenvalue weighted by Crippen LogP contribution is -2.26. The average Bonchev–Trinajstić information content (AvgIpc) is 3.37. The summed E-state index contributed by atoms with van der Waals surface area (Å²) in [4.78, 5) is 15.7. The Kier molecular flexibility index (Phi) is 4.45. The summed E-state index contributed by atoms with van der Waals surface area (Å²) in [7, 11) is 0. The van der Waals surface area contributed by atoms with Gasteiger partial charge >= 0.3 is 0 Å². The van der Waals surface area contributed by atoms with Crippen molar-refractivity contribution in [2.45, 2.75) is 19.8 Å². The lowest BCUT2D eigenvalue weighted by Gasteiger charge is -2.16. The van der Waals surface area contributed by atoms with E-state index < -0.39 is 0 Å². The van der Waals surface area contributed by atoms with Crippen LogP contribution >= 0.6 is 0 Å². The highest BCUT2D eigenvalue weighted by atomic mass is 15.2. The van der Waals surface area contributed by atoms with Gasteiger partial charge in [-0.05, 0) is 63.2 Å². The number of H-pyrrole nitrogens is 1. The molecule has 28 heavy (non-hydrogen) atoms. The first-order valence-corrected chi connectivity index (χ1v) is 10.1. The van der Waals surface area contributed by atoms with Crippen molar-refractivity contribution >= 4 is 27.8 Å². The van der Waals surface area contributed by atoms with Crippen LogP contribution in [0, 0.1) is 6.92 Å². The van der Waals surface area contributed by atoms with E-state index in [9.17, 15) is 0 Å². The fourth-order valence-corrected chi connectivity index (χ4v) is 4.03. The summed E-state index contributed by atoms with van der Waals surface area (Å²) in [6.45, 7) is 6.47. The highest BCUT2D eigenvalue weighted by molar-refractivity contribution is 5.90. The quantitative estimate of drug-likeness (QED) is 0.538. The lowest BCUT2D eigenvalue weighted by molar-refractivity contribution is 0.352. The molecule has 0 unspecified atom stereocenters. The number of likely N-dealkylation sites (tertiary alicyclic amines) is 1. The third-order valence-corrected chi connectivity index (χ3v) is 5.53. The van der Waals surface area contributed by atoms with Gasteiger partial charge in [0.25, 0.3) is 0 Å². The van der Waals surface area contributed by atoms with E-state index in [4.69, 9.17) is 9.97 Å². The Labute approximate surface area is 164 Å². The van der Waals surface area contributed by atoms with Crippen molar-refractivity contribution in [3.63, 3.8) is 0 Å². The highest BCUT2D eigenvalue weighted by Gasteiger charge is 2.15. The molecule has 2 aromatic heterocycles. The number of pyridine rings is 1. The zero-order chi connectivity index (χ0) is 18.9. The number of hydrogen-bond acceptors (Lipinski definition) is 4. The molecule has 5 heteroatoms. The molecule has 5 rings (SSSR count). The van der Waals surface area contributed by atoms with Crippen molar-refractivity contribution in [3.05, 3.63) is 54.1 Å². The van der Waals surface area contributed by atoms with Crippen LogP contribution in [-0.2, 0) is 0 Å². The number of imidazole rings is 1. The van der Waals surface area contributed by atoms with Crippen LogP contribution in [0.25, 0.3) is 33.3 Å². The zero-order valence-electron chi connectivity index (χ0n) is 16.2. The Morgan fingerprint density at radius 3 is 2.71 bits per heavy atom. The number of para-hydroxylation sites is 2. The molecule has 0 amide bonds. The molecule has 0 atom stereocenters. The number of aromatic amines is 1. The number of rotatable bonds is 5. The van der Waals surface area contributed by atoms with Crippen molar-refractivity contribution in [2.24, 2.45) is 0 Å². The van der Waals surface area contributed by atoms with E-state index in [2.05, 4.69) is 52.5 Å². The summed E-state index contributed by atoms with van der Waals surface area (Å²) in [6.07, 6.45) is 2.63. The summed E-state index contributed by atoms with van der Waals surface area (Å²) in [5.74, 6) is 1.76. The number of anilines is 1. The Hall–Kier alpha value is -2.92. The van der Waals surface area contributed by atoms with Crippen molar-refractivity contribution in [3.8, 4) is 11.4 Å². The number of aromatic nitrogens is 3. The minimum atomic E-state index is 0.862. The fourth-order valence-electron chi connectivity index (χ4n) is 4.03. The van der Waals surface area contributed by atoms with E-state index in [1.807, 2.05) is 18.2 Å². The van der Waals surface area contributed by atoms with E-state index in [-0.39, 0.29) is 0 Å². The molecule has 0 radical (unpaired) electrons. The number of benzene rings is 2. The van der Waals surface area contributed by atoms with Gasteiger partial charge in [0.05, 0.1) is 22.1 Å². The van der Waals surface area contributed by atoms with Gasteiger partial charge in [-0.2, -0.15) is 0 Å². The van der Waals surface area contributed by atoms with Crippen LogP contribution in [0.1, 0.15) is 18.4 Å². The van der Waals surface area contributed by atoms with Gasteiger partial charge in [-0.25, -0.2) is 9.97 Å². The van der Waals surface area contributed by atoms with Crippen LogP contribution in [0.2, 0.25) is 0 Å². The molecule has 1 saturated heterocycles. The van der Waals surface area contributed by atoms with Crippen molar-refractivity contribution in [2.75, 3.05) is 31.5 Å². The summed E-state index contributed by atoms with van der Waals surface area (Å²) < 4.78 is 0. The predicted octanol–water partition coefficient (Wildman–Crippen LogP) is 4.59. The first-order chi connectivity index (χ1) is 13.8. The number of nitrogens with zero attached hydrogens (tertiary/aromatic N) is 3. The van der Waals surface area contributed by atoms with Crippen molar-refractivity contribution in [1.29, 1.82) is 0 Å². The van der Waals surface area contributed by atoms with Crippen LogP contribution in [0.3, 0.4) is 0 Å². The largest absolute Gasteiger partial charge is 0.368 e. The van der Waals surface area contributed by atoms with Gasteiger partial charge in [0.1, 0.15) is 11.6 Å². The Morgan fingerprint density at radius 2 is 1.86 bits per heavy atom. The van der Waals surface area contributed by atoms with E-state index >= 15 is 0 Å². The second-order valence-corrected chi connectivity index (χ2v) is 7.66. The number of fused-ring (bicyclic) bond motifs is 2. The maximum atomic E-state index is 4.94. The normalized spacial score (nSPS) is 14.9. The molecule has 2 aromatic carbocycles. The first-order valence-electron chi connectivity index (χ1n) is 10.1. The monoisotopic (exact) mass is 371 g/mol. The topological polar surface area (TPSA) is 56.8 Å². The van der Waals surface area contributed by atoms with Gasteiger partial charge in [0, 0.05) is 18.5 Å². The lowest BCUT2D eigenvalue weighted by atomic mass is 10.1. The summed E-state index contributed by atoms with van der Waals surface area (Å²) in [5.41, 5.74) is 5.29. The number of nitrogens with one attached hydrogen (secondary N) is 2. The molecule has 0 aliphatic carbocycles. The Morgan fingerprint density at radius 1 is 1.00 bits per heavy atom. The van der Waals surface area contributed by atoms with Crippen LogP contribution < -0.4 is 5.32 Å². The SMILES string of the molecule is Cc1ccc2nc(NCCN3CCCC3)c(-c3nc4ccccc4[nH]3)cc2c1. The van der Waals surface area contributed by atoms with Gasteiger partial charge in [-0.15, -0.1) is 0 Å². The Balaban J connectivity index is 1.53. The van der Waals surface area contributed by atoms with Crippen LogP contribution in [0.4, 0.5) is 5.82 Å². The second kappa shape index (κ2) is 7.24. The van der Waals surface area contributed by atoms with Crippen molar-refractivity contribution in [1.82, 2.24) is 19.9 Å². The Bertz CT molecular complexity index is 1090. The van der Waals surface area contributed by atoms with Gasteiger partial charge in [0.2, 0.25) is 0 Å². The molecule has 1 aliphatic rings. The molecule has 1 aliphatic heterocycles. The van der Waals surface area contributed by atoms with Gasteiger partial charge in [-0.1, -0.05) is 23.8 Å². The summed E-state index contributed by atoms with van der Waals surface area (Å²) >= 11 is 0.